The highest BCUT2D eigenvalue weighted by Gasteiger charge is 2.19. The lowest BCUT2D eigenvalue weighted by atomic mass is 9.86. The van der Waals surface area contributed by atoms with Crippen LogP contribution >= 0.6 is 0 Å². The lowest BCUT2D eigenvalue weighted by Gasteiger charge is -2.28. The Bertz CT molecular complexity index is 101. The highest BCUT2D eigenvalue weighted by atomic mass is 14.9. The Balaban J connectivity index is 3.94. The predicted molar refractivity (Wildman–Crippen MR) is 56.4 cm³/mol. The summed E-state index contributed by atoms with van der Waals surface area (Å²) in [6.07, 6.45) is 3.92. The van der Waals surface area contributed by atoms with Crippen molar-refractivity contribution < 1.29 is 0 Å². The molecule has 0 aliphatic rings. The SMILES string of the molecule is CCCC(C)C(NC)C(C)CC. The summed E-state index contributed by atoms with van der Waals surface area (Å²) in [7, 11) is 2.09. The molecule has 0 saturated carbocycles. The molecule has 0 amide bonds. The molecule has 0 aliphatic heterocycles. The highest BCUT2D eigenvalue weighted by Crippen LogP contribution is 2.19. The molecule has 0 aromatic carbocycles. The van der Waals surface area contributed by atoms with Crippen LogP contribution in [0.5, 0.6) is 0 Å². The first kappa shape index (κ1) is 12.0. The monoisotopic (exact) mass is 171 g/mol. The molecule has 3 atom stereocenters. The minimum Gasteiger partial charge on any atom is -0.316 e. The summed E-state index contributed by atoms with van der Waals surface area (Å²) in [6, 6.07) is 0.704. The third-order valence-electron chi connectivity index (χ3n) is 2.95. The molecule has 3 unspecified atom stereocenters. The molecular weight excluding hydrogens is 146 g/mol. The van der Waals surface area contributed by atoms with E-state index in [0.29, 0.717) is 6.04 Å². The van der Waals surface area contributed by atoms with E-state index in [9.17, 15) is 0 Å². The largest absolute Gasteiger partial charge is 0.316 e. The van der Waals surface area contributed by atoms with Gasteiger partial charge in [-0.2, -0.15) is 0 Å². The van der Waals surface area contributed by atoms with Crippen molar-refractivity contribution in [1.82, 2.24) is 5.32 Å². The Labute approximate surface area is 77.9 Å². The minimum absolute atomic E-state index is 0.704. The summed E-state index contributed by atoms with van der Waals surface area (Å²) in [4.78, 5) is 0. The van der Waals surface area contributed by atoms with Crippen molar-refractivity contribution in [2.24, 2.45) is 11.8 Å². The topological polar surface area (TPSA) is 12.0 Å². The molecule has 0 saturated heterocycles. The lowest BCUT2D eigenvalue weighted by molar-refractivity contribution is 0.279. The van der Waals surface area contributed by atoms with Crippen LogP contribution in [0.3, 0.4) is 0 Å². The van der Waals surface area contributed by atoms with Crippen molar-refractivity contribution in [2.75, 3.05) is 7.05 Å². The van der Waals surface area contributed by atoms with E-state index in [0.717, 1.165) is 11.8 Å². The predicted octanol–water partition coefficient (Wildman–Crippen LogP) is 3.06. The molecule has 1 nitrogen and oxygen atoms in total. The standard InChI is InChI=1S/C11H25N/c1-6-8-10(4)11(12-5)9(3)7-2/h9-12H,6-8H2,1-5H3. The first-order valence-electron chi connectivity index (χ1n) is 5.34. The molecule has 0 aliphatic carbocycles. The first-order chi connectivity index (χ1) is 5.67. The molecule has 1 N–H and O–H groups in total. The Hall–Kier alpha value is -0.0400. The second-order valence-electron chi connectivity index (χ2n) is 3.97. The number of hydrogen-bond donors (Lipinski definition) is 1. The number of rotatable bonds is 6. The molecule has 12 heavy (non-hydrogen) atoms. The average Bonchev–Trinajstić information content (AvgIpc) is 2.06. The van der Waals surface area contributed by atoms with Gasteiger partial charge in [-0.1, -0.05) is 40.5 Å². The zero-order chi connectivity index (χ0) is 9.56. The van der Waals surface area contributed by atoms with Crippen LogP contribution in [0.1, 0.15) is 47.0 Å². The van der Waals surface area contributed by atoms with E-state index in [-0.39, 0.29) is 0 Å². The van der Waals surface area contributed by atoms with Gasteiger partial charge in [0.15, 0.2) is 0 Å². The first-order valence-corrected chi connectivity index (χ1v) is 5.34. The van der Waals surface area contributed by atoms with Gasteiger partial charge in [-0.25, -0.2) is 0 Å². The van der Waals surface area contributed by atoms with Crippen LogP contribution in [0.2, 0.25) is 0 Å². The normalized spacial score (nSPS) is 18.8. The molecule has 1 heteroatoms. The maximum atomic E-state index is 3.44. The molecule has 0 rings (SSSR count). The van der Waals surface area contributed by atoms with E-state index in [1.165, 1.54) is 19.3 Å². The lowest BCUT2D eigenvalue weighted by Crippen LogP contribution is -2.37. The fraction of sp³-hybridized carbons (Fsp3) is 1.00. The highest BCUT2D eigenvalue weighted by molar-refractivity contribution is 4.76. The third-order valence-corrected chi connectivity index (χ3v) is 2.95. The Morgan fingerprint density at radius 3 is 2.00 bits per heavy atom. The van der Waals surface area contributed by atoms with Gasteiger partial charge in [-0.3, -0.25) is 0 Å². The quantitative estimate of drug-likeness (QED) is 0.647. The molecule has 0 radical (unpaired) electrons. The van der Waals surface area contributed by atoms with Crippen molar-refractivity contribution in [2.45, 2.75) is 53.0 Å². The van der Waals surface area contributed by atoms with Gasteiger partial charge in [0.1, 0.15) is 0 Å². The summed E-state index contributed by atoms with van der Waals surface area (Å²) in [5.74, 6) is 1.62. The van der Waals surface area contributed by atoms with Gasteiger partial charge in [0.25, 0.3) is 0 Å². The minimum atomic E-state index is 0.704. The summed E-state index contributed by atoms with van der Waals surface area (Å²) in [5.41, 5.74) is 0. The Kier molecular flexibility index (Phi) is 6.45. The zero-order valence-electron chi connectivity index (χ0n) is 9.35. The fourth-order valence-electron chi connectivity index (χ4n) is 2.02. The van der Waals surface area contributed by atoms with Crippen molar-refractivity contribution >= 4 is 0 Å². The van der Waals surface area contributed by atoms with Crippen LogP contribution in [0.4, 0.5) is 0 Å². The Morgan fingerprint density at radius 1 is 1.08 bits per heavy atom. The summed E-state index contributed by atoms with van der Waals surface area (Å²) in [6.45, 7) is 9.23. The molecule has 74 valence electrons. The van der Waals surface area contributed by atoms with Crippen LogP contribution in [-0.2, 0) is 0 Å². The molecular formula is C11H25N. The van der Waals surface area contributed by atoms with Gasteiger partial charge in [-0.15, -0.1) is 0 Å². The van der Waals surface area contributed by atoms with Crippen LogP contribution in [0.15, 0.2) is 0 Å². The van der Waals surface area contributed by atoms with Crippen molar-refractivity contribution in [1.29, 1.82) is 0 Å². The summed E-state index contributed by atoms with van der Waals surface area (Å²) >= 11 is 0. The Morgan fingerprint density at radius 2 is 1.67 bits per heavy atom. The fourth-order valence-corrected chi connectivity index (χ4v) is 2.02. The van der Waals surface area contributed by atoms with E-state index >= 15 is 0 Å². The van der Waals surface area contributed by atoms with E-state index in [4.69, 9.17) is 0 Å². The van der Waals surface area contributed by atoms with Crippen LogP contribution < -0.4 is 5.32 Å². The zero-order valence-corrected chi connectivity index (χ0v) is 9.35. The molecule has 0 bridgehead atoms. The van der Waals surface area contributed by atoms with E-state index < -0.39 is 0 Å². The van der Waals surface area contributed by atoms with E-state index in [1.54, 1.807) is 0 Å². The van der Waals surface area contributed by atoms with E-state index in [1.807, 2.05) is 0 Å². The maximum Gasteiger partial charge on any atom is 0.0115 e. The number of hydrogen-bond acceptors (Lipinski definition) is 1. The van der Waals surface area contributed by atoms with Gasteiger partial charge in [-0.05, 0) is 25.3 Å². The van der Waals surface area contributed by atoms with Crippen LogP contribution in [-0.4, -0.2) is 13.1 Å². The van der Waals surface area contributed by atoms with Gasteiger partial charge in [0.05, 0.1) is 0 Å². The van der Waals surface area contributed by atoms with E-state index in [2.05, 4.69) is 40.1 Å². The van der Waals surface area contributed by atoms with Gasteiger partial charge in [0.2, 0.25) is 0 Å². The van der Waals surface area contributed by atoms with Gasteiger partial charge >= 0.3 is 0 Å². The second kappa shape index (κ2) is 6.47. The molecule has 0 aromatic rings. The summed E-state index contributed by atoms with van der Waals surface area (Å²) < 4.78 is 0. The van der Waals surface area contributed by atoms with Crippen molar-refractivity contribution in [3.63, 3.8) is 0 Å². The van der Waals surface area contributed by atoms with Crippen molar-refractivity contribution in [3.8, 4) is 0 Å². The average molecular weight is 171 g/mol. The second-order valence-corrected chi connectivity index (χ2v) is 3.97. The number of nitrogens with one attached hydrogen (secondary N) is 1. The molecule has 0 fully saturated rings. The van der Waals surface area contributed by atoms with Crippen molar-refractivity contribution in [3.05, 3.63) is 0 Å². The van der Waals surface area contributed by atoms with Crippen LogP contribution in [0.25, 0.3) is 0 Å². The van der Waals surface area contributed by atoms with Gasteiger partial charge in [0, 0.05) is 6.04 Å². The molecule has 0 heterocycles. The van der Waals surface area contributed by atoms with Crippen LogP contribution in [0, 0.1) is 11.8 Å². The smallest absolute Gasteiger partial charge is 0.0115 e. The third kappa shape index (κ3) is 3.57. The maximum absolute atomic E-state index is 3.44. The molecule has 0 aromatic heterocycles. The molecule has 0 spiro atoms. The van der Waals surface area contributed by atoms with Gasteiger partial charge < -0.3 is 5.32 Å². The summed E-state index contributed by atoms with van der Waals surface area (Å²) in [5, 5.41) is 3.44.